The fourth-order valence-electron chi connectivity index (χ4n) is 5.23. The maximum absolute atomic E-state index is 6.74. The minimum Gasteiger partial charge on any atom is -0.374 e. The Kier molecular flexibility index (Phi) is 13.0. The van der Waals surface area contributed by atoms with Crippen LogP contribution in [0.5, 0.6) is 0 Å². The van der Waals surface area contributed by atoms with Crippen molar-refractivity contribution >= 4 is 0 Å². The van der Waals surface area contributed by atoms with E-state index >= 15 is 0 Å². The van der Waals surface area contributed by atoms with Gasteiger partial charge in [0.1, 0.15) is 24.4 Å². The van der Waals surface area contributed by atoms with Crippen molar-refractivity contribution in [3.63, 3.8) is 0 Å². The molecule has 232 valence electrons. The van der Waals surface area contributed by atoms with E-state index in [1.807, 2.05) is 72.8 Å². The second-order valence-corrected chi connectivity index (χ2v) is 11.1. The van der Waals surface area contributed by atoms with Gasteiger partial charge in [-0.1, -0.05) is 135 Å². The summed E-state index contributed by atoms with van der Waals surface area (Å²) in [6, 6.07) is 40.6. The van der Waals surface area contributed by atoms with E-state index in [0.717, 1.165) is 35.1 Å². The molecular formula is C38H44O6. The molecule has 4 aromatic rings. The molecule has 0 bridgehead atoms. The van der Waals surface area contributed by atoms with Gasteiger partial charge in [-0.15, -0.1) is 0 Å². The SMILES string of the molecule is CCCCO[C@@H]1O[C@H](COCc2ccccc2)[C@@H](OCc2ccccc2)[C@H](OCc2ccccc2)[C@@H]1OCc1ccccc1. The molecule has 0 saturated carbocycles. The van der Waals surface area contributed by atoms with E-state index < -0.39 is 30.7 Å². The summed E-state index contributed by atoms with van der Waals surface area (Å²) in [6.07, 6.45) is -0.622. The summed E-state index contributed by atoms with van der Waals surface area (Å²) >= 11 is 0. The first-order valence-electron chi connectivity index (χ1n) is 15.7. The van der Waals surface area contributed by atoms with Crippen LogP contribution >= 0.6 is 0 Å². The van der Waals surface area contributed by atoms with Crippen LogP contribution in [0.2, 0.25) is 0 Å². The molecule has 1 saturated heterocycles. The standard InChI is InChI=1S/C38H44O6/c1-2-3-24-40-38-37(43-28-33-22-14-7-15-23-33)36(42-27-32-20-12-6-13-21-32)35(41-26-31-18-10-5-11-19-31)34(44-38)29-39-25-30-16-8-4-9-17-30/h4-23,34-38H,2-3,24-29H2,1H3/t34-,35-,36+,37+,38-/m1/s1. The van der Waals surface area contributed by atoms with Crippen LogP contribution in [0, 0.1) is 0 Å². The molecule has 0 spiro atoms. The molecule has 0 radical (unpaired) electrons. The molecular weight excluding hydrogens is 552 g/mol. The summed E-state index contributed by atoms with van der Waals surface area (Å²) in [7, 11) is 0. The average Bonchev–Trinajstić information content (AvgIpc) is 3.08. The first kappa shape index (κ1) is 32.0. The first-order valence-corrected chi connectivity index (χ1v) is 15.7. The van der Waals surface area contributed by atoms with Crippen molar-refractivity contribution in [3.8, 4) is 0 Å². The van der Waals surface area contributed by atoms with Gasteiger partial charge in [0.05, 0.1) is 33.0 Å². The van der Waals surface area contributed by atoms with Crippen LogP contribution in [0.4, 0.5) is 0 Å². The van der Waals surface area contributed by atoms with Crippen LogP contribution in [0.1, 0.15) is 42.0 Å². The molecule has 1 heterocycles. The zero-order valence-electron chi connectivity index (χ0n) is 25.5. The number of benzene rings is 4. The highest BCUT2D eigenvalue weighted by Gasteiger charge is 2.49. The molecule has 6 heteroatoms. The van der Waals surface area contributed by atoms with Crippen LogP contribution in [0.3, 0.4) is 0 Å². The van der Waals surface area contributed by atoms with Gasteiger partial charge in [0.2, 0.25) is 0 Å². The van der Waals surface area contributed by atoms with E-state index in [9.17, 15) is 0 Å². The van der Waals surface area contributed by atoms with Gasteiger partial charge in [-0.05, 0) is 28.7 Å². The fraction of sp³-hybridized carbons (Fsp3) is 0.368. The van der Waals surface area contributed by atoms with Crippen molar-refractivity contribution in [3.05, 3.63) is 144 Å². The number of hydrogen-bond acceptors (Lipinski definition) is 6. The Bertz CT molecular complexity index is 1300. The minimum absolute atomic E-state index is 0.318. The van der Waals surface area contributed by atoms with E-state index in [1.54, 1.807) is 0 Å². The molecule has 0 unspecified atom stereocenters. The van der Waals surface area contributed by atoms with E-state index in [0.29, 0.717) is 39.6 Å². The molecule has 5 atom stereocenters. The normalized spacial score (nSPS) is 21.7. The lowest BCUT2D eigenvalue weighted by Crippen LogP contribution is -2.61. The minimum atomic E-state index is -0.645. The molecule has 0 amide bonds. The van der Waals surface area contributed by atoms with Crippen LogP contribution in [-0.2, 0) is 54.8 Å². The van der Waals surface area contributed by atoms with Crippen molar-refractivity contribution in [1.82, 2.24) is 0 Å². The Hall–Kier alpha value is -3.36. The molecule has 1 fully saturated rings. The van der Waals surface area contributed by atoms with E-state index in [2.05, 4.69) is 55.5 Å². The molecule has 0 N–H and O–H groups in total. The quantitative estimate of drug-likeness (QED) is 0.118. The van der Waals surface area contributed by atoms with Gasteiger partial charge < -0.3 is 28.4 Å². The molecule has 0 aliphatic carbocycles. The lowest BCUT2D eigenvalue weighted by atomic mass is 9.97. The zero-order chi connectivity index (χ0) is 30.2. The second kappa shape index (κ2) is 17.8. The predicted molar refractivity (Wildman–Crippen MR) is 171 cm³/mol. The third-order valence-corrected chi connectivity index (χ3v) is 7.62. The Morgan fingerprint density at radius 1 is 0.500 bits per heavy atom. The third kappa shape index (κ3) is 9.83. The van der Waals surface area contributed by atoms with Gasteiger partial charge in [-0.2, -0.15) is 0 Å². The summed E-state index contributed by atoms with van der Waals surface area (Å²) in [4.78, 5) is 0. The van der Waals surface area contributed by atoms with Crippen LogP contribution < -0.4 is 0 Å². The Morgan fingerprint density at radius 3 is 1.41 bits per heavy atom. The fourth-order valence-corrected chi connectivity index (χ4v) is 5.23. The van der Waals surface area contributed by atoms with Gasteiger partial charge in [-0.25, -0.2) is 0 Å². The monoisotopic (exact) mass is 596 g/mol. The summed E-state index contributed by atoms with van der Waals surface area (Å²) in [5.41, 5.74) is 4.31. The predicted octanol–water partition coefficient (Wildman–Crippen LogP) is 7.50. The molecule has 4 aromatic carbocycles. The molecule has 44 heavy (non-hydrogen) atoms. The summed E-state index contributed by atoms with van der Waals surface area (Å²) in [5, 5.41) is 0. The van der Waals surface area contributed by atoms with E-state index in [4.69, 9.17) is 28.4 Å². The highest BCUT2D eigenvalue weighted by Crippen LogP contribution is 2.31. The van der Waals surface area contributed by atoms with Crippen molar-refractivity contribution in [1.29, 1.82) is 0 Å². The number of rotatable bonds is 17. The van der Waals surface area contributed by atoms with Crippen molar-refractivity contribution < 1.29 is 28.4 Å². The van der Waals surface area contributed by atoms with Crippen LogP contribution in [0.25, 0.3) is 0 Å². The van der Waals surface area contributed by atoms with Gasteiger partial charge in [0.25, 0.3) is 0 Å². The lowest BCUT2D eigenvalue weighted by Gasteiger charge is -2.46. The highest BCUT2D eigenvalue weighted by molar-refractivity contribution is 5.16. The Balaban J connectivity index is 1.41. The smallest absolute Gasteiger partial charge is 0.186 e. The number of unbranched alkanes of at least 4 members (excludes halogenated alkanes) is 1. The van der Waals surface area contributed by atoms with Gasteiger partial charge in [-0.3, -0.25) is 0 Å². The second-order valence-electron chi connectivity index (χ2n) is 11.1. The Morgan fingerprint density at radius 2 is 0.932 bits per heavy atom. The topological polar surface area (TPSA) is 55.4 Å². The van der Waals surface area contributed by atoms with E-state index in [-0.39, 0.29) is 0 Å². The van der Waals surface area contributed by atoms with Gasteiger partial charge >= 0.3 is 0 Å². The first-order chi connectivity index (χ1) is 21.8. The highest BCUT2D eigenvalue weighted by atomic mass is 16.7. The molecule has 5 rings (SSSR count). The summed E-state index contributed by atoms with van der Waals surface area (Å²) in [5.74, 6) is 0. The number of hydrogen-bond donors (Lipinski definition) is 0. The summed E-state index contributed by atoms with van der Waals surface area (Å²) in [6.45, 7) is 4.70. The molecule has 0 aromatic heterocycles. The zero-order valence-corrected chi connectivity index (χ0v) is 25.5. The maximum Gasteiger partial charge on any atom is 0.186 e. The van der Waals surface area contributed by atoms with Crippen LogP contribution in [0.15, 0.2) is 121 Å². The van der Waals surface area contributed by atoms with Gasteiger partial charge in [0.15, 0.2) is 6.29 Å². The maximum atomic E-state index is 6.74. The molecule has 1 aliphatic rings. The van der Waals surface area contributed by atoms with Crippen molar-refractivity contribution in [2.45, 2.75) is 76.9 Å². The average molecular weight is 597 g/mol. The van der Waals surface area contributed by atoms with Crippen molar-refractivity contribution in [2.24, 2.45) is 0 Å². The summed E-state index contributed by atoms with van der Waals surface area (Å²) < 4.78 is 39.3. The van der Waals surface area contributed by atoms with Crippen molar-refractivity contribution in [2.75, 3.05) is 13.2 Å². The molecule has 6 nitrogen and oxygen atoms in total. The third-order valence-electron chi connectivity index (χ3n) is 7.62. The molecule has 1 aliphatic heterocycles. The Labute approximate surface area is 261 Å². The lowest BCUT2D eigenvalue weighted by molar-refractivity contribution is -0.328. The van der Waals surface area contributed by atoms with E-state index in [1.165, 1.54) is 0 Å². The number of ether oxygens (including phenoxy) is 6. The largest absolute Gasteiger partial charge is 0.374 e. The van der Waals surface area contributed by atoms with Gasteiger partial charge in [0, 0.05) is 6.61 Å². The van der Waals surface area contributed by atoms with Crippen LogP contribution in [-0.4, -0.2) is 43.9 Å².